The summed E-state index contributed by atoms with van der Waals surface area (Å²) < 4.78 is 38.6. The fourth-order valence-corrected chi connectivity index (χ4v) is 5.41. The lowest BCUT2D eigenvalue weighted by atomic mass is 9.81. The Balaban J connectivity index is 1.18. The molecule has 0 unspecified atom stereocenters. The average molecular weight is 506 g/mol. The third-order valence-electron chi connectivity index (χ3n) is 7.29. The van der Waals surface area contributed by atoms with Crippen molar-refractivity contribution in [3.05, 3.63) is 47.0 Å². The molecular formula is C26H31ClF3N5. The minimum absolute atomic E-state index is 0.238. The molecule has 1 aromatic heterocycles. The lowest BCUT2D eigenvalue weighted by Crippen LogP contribution is -2.31. The van der Waals surface area contributed by atoms with Gasteiger partial charge in [0.25, 0.3) is 0 Å². The van der Waals surface area contributed by atoms with Crippen molar-refractivity contribution < 1.29 is 13.2 Å². The number of halogens is 4. The third-order valence-corrected chi connectivity index (χ3v) is 7.62. The Morgan fingerprint density at radius 3 is 2.54 bits per heavy atom. The number of aromatic nitrogens is 2. The molecule has 2 aliphatic rings. The first-order valence-electron chi connectivity index (χ1n) is 12.4. The molecule has 9 heteroatoms. The van der Waals surface area contributed by atoms with Gasteiger partial charge in [0.15, 0.2) is 0 Å². The van der Waals surface area contributed by atoms with E-state index in [1.165, 1.54) is 18.5 Å². The molecule has 0 spiro atoms. The molecule has 5 rings (SSSR count). The van der Waals surface area contributed by atoms with Crippen LogP contribution in [-0.2, 0) is 6.54 Å². The van der Waals surface area contributed by atoms with Gasteiger partial charge in [-0.25, -0.2) is 4.98 Å². The second kappa shape index (κ2) is 10.3. The Kier molecular flexibility index (Phi) is 7.12. The monoisotopic (exact) mass is 505 g/mol. The van der Waals surface area contributed by atoms with E-state index >= 15 is 0 Å². The van der Waals surface area contributed by atoms with E-state index in [4.69, 9.17) is 11.6 Å². The minimum atomic E-state index is -4.05. The molecule has 3 N–H and O–H groups in total. The Morgan fingerprint density at radius 2 is 1.80 bits per heavy atom. The first-order chi connectivity index (χ1) is 16.8. The van der Waals surface area contributed by atoms with E-state index < -0.39 is 12.1 Å². The molecule has 5 nitrogen and oxygen atoms in total. The topological polar surface area (TPSA) is 56.0 Å². The van der Waals surface area contributed by atoms with Crippen molar-refractivity contribution in [1.29, 1.82) is 0 Å². The van der Waals surface area contributed by atoms with Gasteiger partial charge in [-0.05, 0) is 86.9 Å². The molecule has 35 heavy (non-hydrogen) atoms. The van der Waals surface area contributed by atoms with E-state index in [2.05, 4.69) is 37.6 Å². The predicted octanol–water partition coefficient (Wildman–Crippen LogP) is 7.02. The van der Waals surface area contributed by atoms with Gasteiger partial charge >= 0.3 is 6.18 Å². The first kappa shape index (κ1) is 24.3. The van der Waals surface area contributed by atoms with Crippen LogP contribution in [0.2, 0.25) is 5.02 Å². The Morgan fingerprint density at radius 1 is 1.03 bits per heavy atom. The van der Waals surface area contributed by atoms with Crippen LogP contribution in [0, 0.1) is 11.8 Å². The zero-order chi connectivity index (χ0) is 24.4. The largest absolute Gasteiger partial charge is 0.391 e. The molecule has 1 saturated heterocycles. The maximum absolute atomic E-state index is 12.9. The number of nitrogens with zero attached hydrogens (tertiary/aromatic N) is 2. The molecule has 0 bridgehead atoms. The van der Waals surface area contributed by atoms with Crippen molar-refractivity contribution in [1.82, 2.24) is 15.3 Å². The summed E-state index contributed by atoms with van der Waals surface area (Å²) in [7, 11) is 0. The number of hydrogen-bond acceptors (Lipinski definition) is 4. The van der Waals surface area contributed by atoms with Crippen molar-refractivity contribution in [2.24, 2.45) is 11.8 Å². The van der Waals surface area contributed by atoms with Crippen LogP contribution in [0.15, 0.2) is 36.4 Å². The zero-order valence-corrected chi connectivity index (χ0v) is 20.4. The summed E-state index contributed by atoms with van der Waals surface area (Å²) in [6, 6.07) is 12.1. The summed E-state index contributed by atoms with van der Waals surface area (Å²) in [4.78, 5) is 10.4. The smallest absolute Gasteiger partial charge is 0.371 e. The van der Waals surface area contributed by atoms with Crippen LogP contribution >= 0.6 is 11.6 Å². The molecule has 3 aromatic rings. The van der Waals surface area contributed by atoms with Crippen molar-refractivity contribution in [3.8, 4) is 0 Å². The van der Waals surface area contributed by atoms with Crippen LogP contribution in [0.4, 0.5) is 30.5 Å². The number of nitrogens with one attached hydrogen (secondary N) is 3. The summed E-state index contributed by atoms with van der Waals surface area (Å²) in [5.41, 5.74) is 4.89. The van der Waals surface area contributed by atoms with Gasteiger partial charge in [0.1, 0.15) is 0 Å². The lowest BCUT2D eigenvalue weighted by Gasteiger charge is -2.30. The lowest BCUT2D eigenvalue weighted by molar-refractivity contribution is -0.183. The van der Waals surface area contributed by atoms with Gasteiger partial charge in [-0.1, -0.05) is 17.7 Å². The highest BCUT2D eigenvalue weighted by Crippen LogP contribution is 2.39. The maximum Gasteiger partial charge on any atom is 0.391 e. The second-order valence-electron chi connectivity index (χ2n) is 9.81. The molecule has 2 aromatic carbocycles. The Bertz CT molecular complexity index is 1150. The Hall–Kier alpha value is -2.45. The van der Waals surface area contributed by atoms with Crippen LogP contribution in [0.3, 0.4) is 0 Å². The number of benzene rings is 2. The highest BCUT2D eigenvalue weighted by molar-refractivity contribution is 6.33. The number of alkyl halides is 3. The third kappa shape index (κ3) is 5.86. The van der Waals surface area contributed by atoms with Gasteiger partial charge in [0, 0.05) is 25.3 Å². The number of hydrogen-bond donors (Lipinski definition) is 3. The van der Waals surface area contributed by atoms with Crippen molar-refractivity contribution in [2.75, 3.05) is 29.9 Å². The summed E-state index contributed by atoms with van der Waals surface area (Å²) in [5, 5.41) is 7.31. The van der Waals surface area contributed by atoms with Gasteiger partial charge in [-0.2, -0.15) is 13.2 Å². The van der Waals surface area contributed by atoms with Gasteiger partial charge < -0.3 is 20.5 Å². The van der Waals surface area contributed by atoms with Gasteiger partial charge in [0.2, 0.25) is 5.95 Å². The zero-order valence-electron chi connectivity index (χ0n) is 19.6. The molecule has 188 valence electrons. The van der Waals surface area contributed by atoms with Crippen LogP contribution in [0.25, 0.3) is 11.0 Å². The number of H-pyrrole nitrogens is 1. The van der Waals surface area contributed by atoms with E-state index in [-0.39, 0.29) is 12.8 Å². The van der Waals surface area contributed by atoms with Crippen LogP contribution in [0.1, 0.15) is 44.1 Å². The highest BCUT2D eigenvalue weighted by Gasteiger charge is 2.41. The fraction of sp³-hybridized carbons (Fsp3) is 0.500. The van der Waals surface area contributed by atoms with E-state index in [1.807, 2.05) is 24.3 Å². The fourth-order valence-electron chi connectivity index (χ4n) is 5.25. The predicted molar refractivity (Wildman–Crippen MR) is 135 cm³/mol. The summed E-state index contributed by atoms with van der Waals surface area (Å²) in [5.74, 6) is -0.208. The molecular weight excluding hydrogens is 475 g/mol. The first-order valence-corrected chi connectivity index (χ1v) is 12.8. The van der Waals surface area contributed by atoms with E-state index in [0.717, 1.165) is 41.9 Å². The van der Waals surface area contributed by atoms with Crippen LogP contribution in [0.5, 0.6) is 0 Å². The maximum atomic E-state index is 12.9. The molecule has 1 aliphatic heterocycles. The summed E-state index contributed by atoms with van der Waals surface area (Å²) in [6.45, 7) is 3.54. The van der Waals surface area contributed by atoms with Crippen LogP contribution in [-0.4, -0.2) is 35.8 Å². The number of rotatable bonds is 7. The quantitative estimate of drug-likeness (QED) is 0.323. The van der Waals surface area contributed by atoms with Crippen molar-refractivity contribution in [3.63, 3.8) is 0 Å². The van der Waals surface area contributed by atoms with Crippen molar-refractivity contribution >= 4 is 40.0 Å². The molecule has 2 fully saturated rings. The number of anilines is 3. The van der Waals surface area contributed by atoms with E-state index in [0.29, 0.717) is 36.3 Å². The normalized spacial score (nSPS) is 21.1. The van der Waals surface area contributed by atoms with Gasteiger partial charge in [-0.15, -0.1) is 0 Å². The molecule has 2 heterocycles. The molecule has 0 atom stereocenters. The molecule has 0 radical (unpaired) electrons. The van der Waals surface area contributed by atoms with Crippen LogP contribution < -0.4 is 15.5 Å². The molecule has 0 amide bonds. The summed E-state index contributed by atoms with van der Waals surface area (Å²) in [6.07, 6.45) is 0.130. The highest BCUT2D eigenvalue weighted by atomic mass is 35.5. The van der Waals surface area contributed by atoms with Crippen molar-refractivity contribution in [2.45, 2.75) is 51.2 Å². The summed E-state index contributed by atoms with van der Waals surface area (Å²) >= 11 is 6.44. The average Bonchev–Trinajstić information content (AvgIpc) is 3.50. The van der Waals surface area contributed by atoms with Gasteiger partial charge in [0.05, 0.1) is 27.7 Å². The molecule has 1 aliphatic carbocycles. The van der Waals surface area contributed by atoms with E-state index in [1.54, 1.807) is 0 Å². The number of fused-ring (bicyclic) bond motifs is 1. The number of imidazole rings is 1. The second-order valence-corrected chi connectivity index (χ2v) is 10.2. The minimum Gasteiger partial charge on any atom is -0.371 e. The molecule has 1 saturated carbocycles. The SMILES string of the molecule is FC(F)(F)C1CCC(CNCc2ccc(Cl)c(Nc3nc4ccc(N5CCCC5)cc4[nH]3)c2)CC1. The number of aromatic amines is 1. The van der Waals surface area contributed by atoms with E-state index in [9.17, 15) is 13.2 Å². The van der Waals surface area contributed by atoms with Gasteiger partial charge in [-0.3, -0.25) is 0 Å². The Labute approximate surface area is 208 Å². The standard InChI is InChI=1S/C26H31ClF3N5/c27-21-9-5-18(16-31-15-17-3-6-19(7-4-17)26(28,29)30)13-23(21)33-25-32-22-10-8-20(14-24(22)34-25)35-11-1-2-12-35/h5,8-10,13-14,17,19,31H,1-4,6-7,11-12,15-16H2,(H2,32,33,34).